The number of ether oxygens (including phenoxy) is 1. The molecule has 0 aliphatic carbocycles. The van der Waals surface area contributed by atoms with E-state index in [1.54, 1.807) is 17.3 Å². The Hall–Kier alpha value is -8.75. The summed E-state index contributed by atoms with van der Waals surface area (Å²) >= 11 is 0. The molecule has 36 heteroatoms. The third kappa shape index (κ3) is 37.8. The van der Waals surface area contributed by atoms with Gasteiger partial charge in [0, 0.05) is 227 Å². The molecule has 12 aliphatic rings. The third-order valence-electron chi connectivity index (χ3n) is 31.3. The number of aliphatic carboxylic acids is 3. The zero-order valence-corrected chi connectivity index (χ0v) is 86.5. The Balaban J connectivity index is 0.000000224. The van der Waals surface area contributed by atoms with E-state index in [0.717, 1.165) is 214 Å². The Morgan fingerprint density at radius 1 is 0.417 bits per heavy atom. The van der Waals surface area contributed by atoms with Gasteiger partial charge in [0.2, 0.25) is 0 Å². The lowest BCUT2D eigenvalue weighted by Gasteiger charge is -2.43. The summed E-state index contributed by atoms with van der Waals surface area (Å²) in [5.41, 5.74) is 5.15. The molecule has 139 heavy (non-hydrogen) atoms. The number of rotatable bonds is 22. The van der Waals surface area contributed by atoms with Crippen LogP contribution in [-0.2, 0) is 19.2 Å². The van der Waals surface area contributed by atoms with E-state index in [-0.39, 0.29) is 63.3 Å². The number of non-ortho nitro benzene ring substituents is 1. The van der Waals surface area contributed by atoms with Gasteiger partial charge in [-0.25, -0.2) is 19.2 Å². The molecule has 6 N–H and O–H groups in total. The molecule has 3 aromatic heterocycles. The van der Waals surface area contributed by atoms with Crippen molar-refractivity contribution in [2.75, 3.05) is 273 Å². The summed E-state index contributed by atoms with van der Waals surface area (Å²) in [4.78, 5) is 138. The molecule has 782 valence electrons. The van der Waals surface area contributed by atoms with Gasteiger partial charge in [0.25, 0.3) is 5.69 Å². The number of anilines is 3. The quantitative estimate of drug-likeness (QED) is 0.0360. The Kier molecular flexibility index (Phi) is 51.1. The molecule has 12 aliphatic heterocycles. The van der Waals surface area contributed by atoms with Crippen LogP contribution in [0.1, 0.15) is 184 Å². The third-order valence-corrected chi connectivity index (χ3v) is 31.3. The fourth-order valence-corrected chi connectivity index (χ4v) is 21.4. The average Bonchev–Trinajstić information content (AvgIpc) is 1.66. The number of likely N-dealkylation sites (N-methyl/N-ethyl adjacent to an activating group) is 3. The Morgan fingerprint density at radius 2 is 0.705 bits per heavy atom. The normalized spacial score (nSPS) is 20.4. The topological polar surface area (TPSA) is 352 Å². The van der Waals surface area contributed by atoms with Gasteiger partial charge < -0.3 is 99.3 Å². The van der Waals surface area contributed by atoms with Crippen molar-refractivity contribution < 1.29 is 63.9 Å². The van der Waals surface area contributed by atoms with Crippen LogP contribution in [0, 0.1) is 26.4 Å². The second-order valence-electron chi connectivity index (χ2n) is 39.8. The van der Waals surface area contributed by atoms with E-state index < -0.39 is 28.9 Å². The lowest BCUT2D eigenvalue weighted by Crippen LogP contribution is -2.81. The number of carbonyl (C=O) groups is 7. The molecule has 0 unspecified atom stereocenters. The molecule has 0 atom stereocenters. The molecule has 35 nitrogen and oxygen atoms in total. The number of urea groups is 2. The standard InChI is InChI=1S/C22H33N5O3.C22H35N5O.C15H21N3O4.C13H19N3.C10H20N2O2.C10H22N2.C7H13NO.C3H7NO2.CH4.ClH/c1-24(16-20(28)29)18-4-11-25(12-5-18)21(30)26-13-6-22(7-14-26)8-15-27(17-22)19-2-9-23-10-3-19;1-3-24(2)19-6-13-25(14-7-19)21(28)26-15-8-22(9-16-26)10-17-27(18-22)20-4-11-23-12-5-20;1-3-16(2)12-8-10-17(11-9-12)15(19)22-14-6-4-13(5-7-14)18(20)21;1-6-14-7-2-12(1)16-10-5-13(11-16)3-8-15-9-4-13;1-3-12-6-4-9(5-7-12)11(2)8-10(13)14;1-4-11(3)10-6-8-12(5-2)9-7-10;1-2-8-5-3-7(9)4-6-8;1-4-2-3(5)6;;/h2-3,9-10,18H,4-8,11-17H2,1H3,(H,28,29);4-5,11-12,19H,3,6-10,13-18H2,1-2H3;4-7,12H,3,8-11H2,1-2H3;1-2,6-7,15H,3-5,8-11H2;9H,3-8H2,1-2H3,(H,13,14);10H,4-9H2,1-3H3;2-6H2,1H3;4H,2H2,1H3,(H,5,6);1H4;1H/p+1. The summed E-state index contributed by atoms with van der Waals surface area (Å²) in [7, 11) is 12.0. The van der Waals surface area contributed by atoms with Crippen molar-refractivity contribution in [3.63, 3.8) is 0 Å². The minimum absolute atomic E-state index is 0. The van der Waals surface area contributed by atoms with Crippen LogP contribution in [0.2, 0.25) is 0 Å². The number of benzene rings is 1. The maximum atomic E-state index is 13.0. The molecule has 0 saturated carbocycles. The molecule has 12 fully saturated rings. The van der Waals surface area contributed by atoms with Crippen LogP contribution in [0.25, 0.3) is 0 Å². The van der Waals surface area contributed by atoms with Crippen molar-refractivity contribution in [2.45, 2.75) is 214 Å². The van der Waals surface area contributed by atoms with Crippen LogP contribution in [0.15, 0.2) is 97.8 Å². The monoisotopic (exact) mass is 1960 g/mol. The molecule has 15 heterocycles. The number of pyridine rings is 3. The maximum Gasteiger partial charge on any atom is 0.415 e. The first kappa shape index (κ1) is 117. The second kappa shape index (κ2) is 60.6. The first-order valence-electron chi connectivity index (χ1n) is 51.5. The number of nitrogens with two attached hydrogens (primary N) is 1. The van der Waals surface area contributed by atoms with Crippen LogP contribution in [0.3, 0.4) is 0 Å². The van der Waals surface area contributed by atoms with Crippen LogP contribution in [0.4, 0.5) is 37.1 Å². The number of hydrogen-bond donors (Lipinski definition) is 5. The van der Waals surface area contributed by atoms with Gasteiger partial charge in [-0.1, -0.05) is 49.0 Å². The number of hydrogen-bond acceptors (Lipinski definition) is 25. The number of carboxylic acids is 3. The second-order valence-corrected chi connectivity index (χ2v) is 39.8. The Morgan fingerprint density at radius 3 is 0.993 bits per heavy atom. The van der Waals surface area contributed by atoms with Crippen molar-refractivity contribution in [1.29, 1.82) is 0 Å². The number of nitrogens with zero attached hydrogens (tertiary/aromatic N) is 20. The van der Waals surface area contributed by atoms with Gasteiger partial charge in [-0.2, -0.15) is 0 Å². The van der Waals surface area contributed by atoms with Gasteiger partial charge in [-0.05, 0) is 301 Å². The molecule has 16 rings (SSSR count). The van der Waals surface area contributed by atoms with E-state index in [4.69, 9.17) is 20.1 Å². The number of nitrogens with one attached hydrogen (secondary N) is 1. The van der Waals surface area contributed by atoms with Crippen LogP contribution in [0.5, 0.6) is 5.75 Å². The SMILES string of the molecule is C.CCN(C)C1CCN(C(=O)N2CCC3(CC2)CCN(c2ccncc2)C3)CC1.CCN(C)C1CCN(C(=O)Oc2ccc([N+](=O)[O-])cc2)CC1.CCN1CCC(=O)CC1.CCN1CCC(N(C)CC(=O)O)CC1.CCN1CCC(N(C)CC)CC1.CN(CC(=O)O)C1CCN(C(=O)N2CCC3(CC2)CCN(c2ccncc2)C3)CC1.C[NH2+]CC(=O)O.Cl.c1cc(N2CCC3(CCNCC3)C2)ccn1. The number of nitro benzene ring substituents is 1. The molecule has 0 bridgehead atoms. The number of halogens is 1. The molecule has 3 spiro atoms. The highest BCUT2D eigenvalue weighted by Gasteiger charge is 2.45. The number of aromatic nitrogens is 3. The predicted molar refractivity (Wildman–Crippen MR) is 554 cm³/mol. The summed E-state index contributed by atoms with van der Waals surface area (Å²) in [6, 6.07) is 21.3. The largest absolute Gasteiger partial charge is 0.480 e. The fraction of sp³-hybridized carbons (Fsp3) is 0.728. The molecular formula is C103H176ClN22O13+. The molecule has 12 saturated heterocycles. The number of carbonyl (C=O) groups excluding carboxylic acids is 4. The van der Waals surface area contributed by atoms with E-state index in [2.05, 4.69) is 173 Å². The molecule has 4 aromatic rings. The number of ketones is 1. The summed E-state index contributed by atoms with van der Waals surface area (Å²) in [5.74, 6) is -1.54. The Bertz CT molecular complexity index is 4170. The predicted octanol–water partition coefficient (Wildman–Crippen LogP) is 11.0. The molecule has 0 radical (unpaired) electrons. The summed E-state index contributed by atoms with van der Waals surface area (Å²) in [5, 5.41) is 41.2. The van der Waals surface area contributed by atoms with Crippen LogP contribution < -0.4 is 30.1 Å². The maximum absolute atomic E-state index is 13.0. The average molecular weight is 1970 g/mol. The van der Waals surface area contributed by atoms with Crippen molar-refractivity contribution in [3.05, 3.63) is 108 Å². The minimum Gasteiger partial charge on any atom is -0.480 e. The zero-order chi connectivity index (χ0) is 98.9. The van der Waals surface area contributed by atoms with E-state index in [1.807, 2.05) is 70.9 Å². The van der Waals surface area contributed by atoms with E-state index in [1.165, 1.54) is 139 Å². The van der Waals surface area contributed by atoms with Gasteiger partial charge in [-0.15, -0.1) is 12.4 Å². The fourth-order valence-electron chi connectivity index (χ4n) is 21.4. The molecule has 1 aromatic carbocycles. The summed E-state index contributed by atoms with van der Waals surface area (Å²) < 4.78 is 5.26. The van der Waals surface area contributed by atoms with Crippen LogP contribution >= 0.6 is 12.4 Å². The van der Waals surface area contributed by atoms with Gasteiger partial charge in [0.15, 0.2) is 6.54 Å². The lowest BCUT2D eigenvalue weighted by molar-refractivity contribution is -0.616. The number of nitro groups is 1. The number of carboxylic acid groups (broad SMARTS) is 3. The van der Waals surface area contributed by atoms with E-state index >= 15 is 0 Å². The highest BCUT2D eigenvalue weighted by Crippen LogP contribution is 2.45. The van der Waals surface area contributed by atoms with Crippen molar-refractivity contribution in [2.24, 2.45) is 16.2 Å². The molecule has 5 amide bonds. The number of amides is 5. The highest BCUT2D eigenvalue weighted by atomic mass is 35.5. The van der Waals surface area contributed by atoms with Gasteiger partial charge in [-0.3, -0.25) is 49.2 Å². The van der Waals surface area contributed by atoms with Crippen molar-refractivity contribution in [1.82, 2.24) is 84.0 Å². The molecular weight excluding hydrogens is 1790 g/mol. The number of quaternary nitrogens is 1. The van der Waals surface area contributed by atoms with Gasteiger partial charge >= 0.3 is 36.1 Å². The first-order valence-corrected chi connectivity index (χ1v) is 51.5. The number of likely N-dealkylation sites (tertiary alicyclic amines) is 8. The van der Waals surface area contributed by atoms with Gasteiger partial charge in [0.05, 0.1) is 25.1 Å². The van der Waals surface area contributed by atoms with E-state index in [9.17, 15) is 43.7 Å². The summed E-state index contributed by atoms with van der Waals surface area (Å²) in [6.07, 6.45) is 33.9. The number of piperidine rings is 9. The first-order chi connectivity index (χ1) is 65.9. The minimum atomic E-state index is -0.798. The van der Waals surface area contributed by atoms with Crippen LogP contribution in [-0.4, -0.2) is 429 Å². The smallest absolute Gasteiger partial charge is 0.415 e. The summed E-state index contributed by atoms with van der Waals surface area (Å²) in [6.45, 7) is 44.3. The lowest BCUT2D eigenvalue weighted by atomic mass is 9.78. The number of Topliss-reactive ketones (excluding diaryl/α,β-unsaturated/α-hetero) is 1. The highest BCUT2D eigenvalue weighted by molar-refractivity contribution is 5.85. The zero-order valence-electron chi connectivity index (χ0n) is 85.7. The van der Waals surface area contributed by atoms with E-state index in [0.29, 0.717) is 72.1 Å². The Labute approximate surface area is 837 Å². The van der Waals surface area contributed by atoms with Crippen molar-refractivity contribution >= 4 is 77.0 Å². The van der Waals surface area contributed by atoms with Crippen molar-refractivity contribution in [3.8, 4) is 5.75 Å². The van der Waals surface area contributed by atoms with Gasteiger partial charge in [0.1, 0.15) is 11.5 Å².